The molecule has 0 saturated carbocycles. The van der Waals surface area contributed by atoms with E-state index in [9.17, 15) is 0 Å². The highest BCUT2D eigenvalue weighted by Crippen LogP contribution is 2.32. The first kappa shape index (κ1) is 11.4. The average Bonchev–Trinajstić information content (AvgIpc) is 2.83. The molecule has 2 N–H and O–H groups in total. The van der Waals surface area contributed by atoms with Gasteiger partial charge in [0.15, 0.2) is 0 Å². The van der Waals surface area contributed by atoms with Crippen LogP contribution in [0.5, 0.6) is 0 Å². The zero-order valence-electron chi connectivity index (χ0n) is 9.90. The minimum Gasteiger partial charge on any atom is -0.323 e. The Labute approximate surface area is 99.9 Å². The van der Waals surface area contributed by atoms with Crippen LogP contribution in [-0.4, -0.2) is 9.78 Å². The van der Waals surface area contributed by atoms with Crippen LogP contribution in [0.15, 0.2) is 18.3 Å². The molecule has 1 unspecified atom stereocenters. The Morgan fingerprint density at radius 3 is 2.81 bits per heavy atom. The van der Waals surface area contributed by atoms with E-state index in [1.54, 1.807) is 11.3 Å². The molecule has 2 aromatic rings. The van der Waals surface area contributed by atoms with E-state index in [1.807, 2.05) is 18.7 Å². The monoisotopic (exact) mass is 235 g/mol. The fraction of sp³-hybridized carbons (Fsp3) is 0.417. The van der Waals surface area contributed by atoms with E-state index >= 15 is 0 Å². The van der Waals surface area contributed by atoms with Crippen LogP contribution in [0.1, 0.15) is 30.0 Å². The highest BCUT2D eigenvalue weighted by Gasteiger charge is 2.11. The molecule has 0 aliphatic carbocycles. The SMILES string of the molecule is CCC(N)c1ccc(-c2cn(C)nc2C)s1. The number of nitrogens with two attached hydrogens (primary N) is 1. The molecular weight excluding hydrogens is 218 g/mol. The van der Waals surface area contributed by atoms with Gasteiger partial charge in [0.25, 0.3) is 0 Å². The van der Waals surface area contributed by atoms with Crippen LogP contribution in [0.2, 0.25) is 0 Å². The van der Waals surface area contributed by atoms with Gasteiger partial charge in [0.1, 0.15) is 0 Å². The lowest BCUT2D eigenvalue weighted by Gasteiger charge is -2.03. The normalized spacial score (nSPS) is 13.0. The van der Waals surface area contributed by atoms with Crippen LogP contribution in [0.4, 0.5) is 0 Å². The zero-order valence-corrected chi connectivity index (χ0v) is 10.7. The number of thiophene rings is 1. The number of hydrogen-bond acceptors (Lipinski definition) is 3. The number of nitrogens with zero attached hydrogens (tertiary/aromatic N) is 2. The van der Waals surface area contributed by atoms with Crippen LogP contribution < -0.4 is 5.73 Å². The molecule has 0 spiro atoms. The minimum atomic E-state index is 0.163. The summed E-state index contributed by atoms with van der Waals surface area (Å²) in [6.07, 6.45) is 3.04. The van der Waals surface area contributed by atoms with Crippen molar-refractivity contribution in [2.45, 2.75) is 26.3 Å². The van der Waals surface area contributed by atoms with Crippen molar-refractivity contribution in [3.63, 3.8) is 0 Å². The fourth-order valence-electron chi connectivity index (χ4n) is 1.74. The van der Waals surface area contributed by atoms with Crippen LogP contribution in [0.25, 0.3) is 10.4 Å². The molecular formula is C12H17N3S. The summed E-state index contributed by atoms with van der Waals surface area (Å²) in [5.41, 5.74) is 8.30. The summed E-state index contributed by atoms with van der Waals surface area (Å²) in [7, 11) is 1.95. The van der Waals surface area contributed by atoms with Crippen LogP contribution in [0.3, 0.4) is 0 Å². The van der Waals surface area contributed by atoms with Crippen molar-refractivity contribution in [2.24, 2.45) is 12.8 Å². The van der Waals surface area contributed by atoms with Gasteiger partial charge in [0, 0.05) is 34.6 Å². The highest BCUT2D eigenvalue weighted by molar-refractivity contribution is 7.15. The highest BCUT2D eigenvalue weighted by atomic mass is 32.1. The summed E-state index contributed by atoms with van der Waals surface area (Å²) < 4.78 is 1.85. The first-order chi connectivity index (χ1) is 7.61. The van der Waals surface area contributed by atoms with Gasteiger partial charge in [-0.1, -0.05) is 6.92 Å². The molecule has 0 fully saturated rings. The molecule has 2 aromatic heterocycles. The van der Waals surface area contributed by atoms with Crippen molar-refractivity contribution in [2.75, 3.05) is 0 Å². The maximum absolute atomic E-state index is 6.02. The fourth-order valence-corrected chi connectivity index (χ4v) is 2.89. The second kappa shape index (κ2) is 4.39. The van der Waals surface area contributed by atoms with Gasteiger partial charge >= 0.3 is 0 Å². The first-order valence-electron chi connectivity index (χ1n) is 5.47. The molecule has 4 heteroatoms. The first-order valence-corrected chi connectivity index (χ1v) is 6.29. The molecule has 1 atom stereocenters. The molecule has 0 aliphatic rings. The molecule has 0 radical (unpaired) electrons. The van der Waals surface area contributed by atoms with Gasteiger partial charge in [-0.25, -0.2) is 0 Å². The molecule has 86 valence electrons. The average molecular weight is 235 g/mol. The zero-order chi connectivity index (χ0) is 11.7. The Kier molecular flexibility index (Phi) is 3.12. The van der Waals surface area contributed by atoms with Gasteiger partial charge in [-0.3, -0.25) is 4.68 Å². The van der Waals surface area contributed by atoms with Crippen molar-refractivity contribution in [3.8, 4) is 10.4 Å². The van der Waals surface area contributed by atoms with Gasteiger partial charge in [0.2, 0.25) is 0 Å². The Hall–Kier alpha value is -1.13. The van der Waals surface area contributed by atoms with Crippen LogP contribution in [-0.2, 0) is 7.05 Å². The lowest BCUT2D eigenvalue weighted by atomic mass is 10.2. The van der Waals surface area contributed by atoms with E-state index in [4.69, 9.17) is 5.73 Å². The summed E-state index contributed by atoms with van der Waals surface area (Å²) in [5.74, 6) is 0. The van der Waals surface area contributed by atoms with E-state index in [0.29, 0.717) is 0 Å². The molecule has 2 heterocycles. The number of rotatable bonds is 3. The second-order valence-corrected chi connectivity index (χ2v) is 5.13. The second-order valence-electron chi connectivity index (χ2n) is 4.02. The molecule has 16 heavy (non-hydrogen) atoms. The Balaban J connectivity index is 2.35. The maximum Gasteiger partial charge on any atom is 0.0680 e. The van der Waals surface area contributed by atoms with Crippen molar-refractivity contribution in [1.82, 2.24) is 9.78 Å². The van der Waals surface area contributed by atoms with Gasteiger partial charge in [0.05, 0.1) is 5.69 Å². The largest absolute Gasteiger partial charge is 0.323 e. The van der Waals surface area contributed by atoms with Crippen LogP contribution in [0, 0.1) is 6.92 Å². The van der Waals surface area contributed by atoms with E-state index in [2.05, 4.69) is 30.4 Å². The van der Waals surface area contributed by atoms with E-state index in [0.717, 1.165) is 12.1 Å². The van der Waals surface area contributed by atoms with Crippen molar-refractivity contribution in [1.29, 1.82) is 0 Å². The number of hydrogen-bond donors (Lipinski definition) is 1. The minimum absolute atomic E-state index is 0.163. The van der Waals surface area contributed by atoms with Gasteiger partial charge in [-0.15, -0.1) is 11.3 Å². The Morgan fingerprint density at radius 2 is 2.25 bits per heavy atom. The maximum atomic E-state index is 6.02. The number of aromatic nitrogens is 2. The summed E-state index contributed by atoms with van der Waals surface area (Å²) in [6.45, 7) is 4.15. The van der Waals surface area contributed by atoms with E-state index < -0.39 is 0 Å². The predicted octanol–water partition coefficient (Wildman–Crippen LogP) is 2.87. The summed E-state index contributed by atoms with van der Waals surface area (Å²) >= 11 is 1.77. The van der Waals surface area contributed by atoms with Crippen molar-refractivity contribution >= 4 is 11.3 Å². The van der Waals surface area contributed by atoms with E-state index in [-0.39, 0.29) is 6.04 Å². The molecule has 0 bridgehead atoms. The van der Waals surface area contributed by atoms with Gasteiger partial charge in [-0.05, 0) is 25.5 Å². The lowest BCUT2D eigenvalue weighted by molar-refractivity contribution is 0.712. The van der Waals surface area contributed by atoms with Crippen LogP contribution >= 0.6 is 11.3 Å². The predicted molar refractivity (Wildman–Crippen MR) is 68.5 cm³/mol. The third kappa shape index (κ3) is 2.03. The Morgan fingerprint density at radius 1 is 1.50 bits per heavy atom. The third-order valence-electron chi connectivity index (χ3n) is 2.71. The van der Waals surface area contributed by atoms with Crippen molar-refractivity contribution in [3.05, 3.63) is 28.9 Å². The van der Waals surface area contributed by atoms with Crippen molar-refractivity contribution < 1.29 is 0 Å². The third-order valence-corrected chi connectivity index (χ3v) is 3.96. The molecule has 2 rings (SSSR count). The molecule has 0 saturated heterocycles. The molecule has 0 amide bonds. The summed E-state index contributed by atoms with van der Waals surface area (Å²) in [6, 6.07) is 4.43. The lowest BCUT2D eigenvalue weighted by Crippen LogP contribution is -2.05. The quantitative estimate of drug-likeness (QED) is 0.889. The smallest absolute Gasteiger partial charge is 0.0680 e. The topological polar surface area (TPSA) is 43.8 Å². The standard InChI is InChI=1S/C12H17N3S/c1-4-10(13)12-6-5-11(16-12)9-7-15(3)14-8(9)2/h5-7,10H,4,13H2,1-3H3. The summed E-state index contributed by atoms with van der Waals surface area (Å²) in [4.78, 5) is 2.50. The molecule has 3 nitrogen and oxygen atoms in total. The molecule has 0 aromatic carbocycles. The van der Waals surface area contributed by atoms with Gasteiger partial charge in [-0.2, -0.15) is 5.10 Å². The number of aryl methyl sites for hydroxylation is 2. The molecule has 0 aliphatic heterocycles. The Bertz CT molecular complexity index is 484. The summed E-state index contributed by atoms with van der Waals surface area (Å²) in [5, 5.41) is 4.35. The van der Waals surface area contributed by atoms with Gasteiger partial charge < -0.3 is 5.73 Å². The van der Waals surface area contributed by atoms with E-state index in [1.165, 1.54) is 15.3 Å².